The van der Waals surface area contributed by atoms with E-state index in [9.17, 15) is 5.11 Å². The molecule has 1 aromatic carbocycles. The molecule has 1 fully saturated rings. The molecule has 0 amide bonds. The Morgan fingerprint density at radius 1 is 1.22 bits per heavy atom. The molecule has 0 aromatic heterocycles. The highest BCUT2D eigenvalue weighted by Crippen LogP contribution is 2.17. The first kappa shape index (κ1) is 18.2. The molecule has 2 rings (SSSR count). The molecule has 0 bridgehead atoms. The van der Waals surface area contributed by atoms with Crippen molar-refractivity contribution in [1.82, 2.24) is 9.80 Å². The largest absolute Gasteiger partial charge is 0.390 e. The summed E-state index contributed by atoms with van der Waals surface area (Å²) in [5.74, 6) is 0.843. The second-order valence-electron chi connectivity index (χ2n) is 7.40. The Kier molecular flexibility index (Phi) is 6.88. The van der Waals surface area contributed by atoms with Crippen LogP contribution in [0.2, 0.25) is 0 Å². The molecule has 130 valence electrons. The summed E-state index contributed by atoms with van der Waals surface area (Å²) in [5.41, 5.74) is 2.51. The van der Waals surface area contributed by atoms with Crippen molar-refractivity contribution in [1.29, 1.82) is 0 Å². The fourth-order valence-corrected chi connectivity index (χ4v) is 3.27. The summed E-state index contributed by atoms with van der Waals surface area (Å²) in [6.07, 6.45) is 2.25. The number of likely N-dealkylation sites (tertiary alicyclic amines) is 1. The zero-order valence-electron chi connectivity index (χ0n) is 15.2. The molecule has 4 heteroatoms. The Morgan fingerprint density at radius 3 is 2.57 bits per heavy atom. The number of anilines is 1. The third-order valence-corrected chi connectivity index (χ3v) is 4.75. The number of hydrogen-bond donors (Lipinski definition) is 1. The van der Waals surface area contributed by atoms with Gasteiger partial charge in [-0.25, -0.2) is 0 Å². The lowest BCUT2D eigenvalue weighted by atomic mass is 9.99. The second kappa shape index (κ2) is 8.67. The van der Waals surface area contributed by atoms with Gasteiger partial charge in [-0.2, -0.15) is 0 Å². The molecule has 1 saturated heterocycles. The Balaban J connectivity index is 1.77. The van der Waals surface area contributed by atoms with Gasteiger partial charge in [0.15, 0.2) is 0 Å². The maximum absolute atomic E-state index is 10.4. The van der Waals surface area contributed by atoms with Crippen molar-refractivity contribution in [3.05, 3.63) is 29.8 Å². The van der Waals surface area contributed by atoms with Crippen LogP contribution in [0.1, 0.15) is 25.3 Å². The van der Waals surface area contributed by atoms with Crippen LogP contribution in [-0.4, -0.2) is 68.3 Å². The minimum atomic E-state index is -0.273. The fourth-order valence-electron chi connectivity index (χ4n) is 3.27. The topological polar surface area (TPSA) is 30.0 Å². The minimum Gasteiger partial charge on any atom is -0.390 e. The quantitative estimate of drug-likeness (QED) is 0.835. The molecule has 1 aromatic rings. The number of benzene rings is 1. The van der Waals surface area contributed by atoms with Crippen LogP contribution in [-0.2, 0) is 6.54 Å². The zero-order valence-corrected chi connectivity index (χ0v) is 15.2. The van der Waals surface area contributed by atoms with Gasteiger partial charge in [-0.3, -0.25) is 4.90 Å². The second-order valence-corrected chi connectivity index (χ2v) is 7.40. The smallest absolute Gasteiger partial charge is 0.0793 e. The van der Waals surface area contributed by atoms with Gasteiger partial charge in [0.25, 0.3) is 0 Å². The van der Waals surface area contributed by atoms with Gasteiger partial charge in [0.1, 0.15) is 0 Å². The molecule has 1 heterocycles. The normalized spacial score (nSPS) is 18.3. The van der Waals surface area contributed by atoms with Gasteiger partial charge in [0.05, 0.1) is 6.10 Å². The maximum Gasteiger partial charge on any atom is 0.0793 e. The Bertz CT molecular complexity index is 469. The Hall–Kier alpha value is -1.10. The van der Waals surface area contributed by atoms with Gasteiger partial charge < -0.3 is 14.9 Å². The fraction of sp³-hybridized carbons (Fsp3) is 0.684. The van der Waals surface area contributed by atoms with Crippen LogP contribution in [0, 0.1) is 5.92 Å². The van der Waals surface area contributed by atoms with Crippen LogP contribution in [0.15, 0.2) is 24.3 Å². The summed E-state index contributed by atoms with van der Waals surface area (Å²) >= 11 is 0. The van der Waals surface area contributed by atoms with Crippen molar-refractivity contribution in [2.75, 3.05) is 52.2 Å². The van der Waals surface area contributed by atoms with Gasteiger partial charge in [-0.1, -0.05) is 19.1 Å². The van der Waals surface area contributed by atoms with Gasteiger partial charge >= 0.3 is 0 Å². The van der Waals surface area contributed by atoms with E-state index in [0.717, 1.165) is 38.6 Å². The monoisotopic (exact) mass is 319 g/mol. The number of hydrogen-bond acceptors (Lipinski definition) is 4. The molecule has 1 aliphatic heterocycles. The van der Waals surface area contributed by atoms with Crippen LogP contribution >= 0.6 is 0 Å². The molecule has 23 heavy (non-hydrogen) atoms. The van der Waals surface area contributed by atoms with E-state index in [2.05, 4.69) is 67.0 Å². The van der Waals surface area contributed by atoms with Gasteiger partial charge in [0, 0.05) is 39.4 Å². The van der Waals surface area contributed by atoms with Crippen molar-refractivity contribution >= 4 is 5.69 Å². The van der Waals surface area contributed by atoms with Crippen LogP contribution in [0.3, 0.4) is 0 Å². The number of aliphatic hydroxyl groups is 1. The van der Waals surface area contributed by atoms with E-state index >= 15 is 0 Å². The van der Waals surface area contributed by atoms with Crippen LogP contribution < -0.4 is 4.90 Å². The first-order valence-corrected chi connectivity index (χ1v) is 8.79. The molecular weight excluding hydrogens is 286 g/mol. The summed E-state index contributed by atoms with van der Waals surface area (Å²) in [7, 11) is 6.21. The molecule has 4 nitrogen and oxygen atoms in total. The maximum atomic E-state index is 10.4. The lowest BCUT2D eigenvalue weighted by molar-refractivity contribution is 0.0662. The molecule has 1 aliphatic rings. The number of β-amino-alcohol motifs (C(OH)–C–C–N with tert-alkyl or cyclic N) is 1. The van der Waals surface area contributed by atoms with Crippen molar-refractivity contribution in [2.45, 2.75) is 32.4 Å². The first-order valence-electron chi connectivity index (χ1n) is 8.79. The van der Waals surface area contributed by atoms with E-state index in [-0.39, 0.29) is 6.10 Å². The zero-order chi connectivity index (χ0) is 16.8. The summed E-state index contributed by atoms with van der Waals surface area (Å²) in [6.45, 7) is 6.98. The van der Waals surface area contributed by atoms with Crippen LogP contribution in [0.25, 0.3) is 0 Å². The average Bonchev–Trinajstić information content (AvgIpc) is 2.49. The Labute approximate surface area is 141 Å². The molecule has 0 saturated carbocycles. The minimum absolute atomic E-state index is 0.273. The van der Waals surface area contributed by atoms with Crippen molar-refractivity contribution in [2.24, 2.45) is 5.92 Å². The predicted molar refractivity (Wildman–Crippen MR) is 97.9 cm³/mol. The van der Waals surface area contributed by atoms with Crippen LogP contribution in [0.4, 0.5) is 5.69 Å². The molecule has 1 atom stereocenters. The van der Waals surface area contributed by atoms with Crippen LogP contribution in [0.5, 0.6) is 0 Å². The van der Waals surface area contributed by atoms with E-state index in [1.165, 1.54) is 24.1 Å². The Morgan fingerprint density at radius 2 is 1.91 bits per heavy atom. The number of likely N-dealkylation sites (N-methyl/N-ethyl adjacent to an activating group) is 1. The van der Waals surface area contributed by atoms with E-state index in [1.54, 1.807) is 0 Å². The molecule has 1 N–H and O–H groups in total. The summed E-state index contributed by atoms with van der Waals surface area (Å²) in [4.78, 5) is 6.74. The highest BCUT2D eigenvalue weighted by molar-refractivity contribution is 5.47. The van der Waals surface area contributed by atoms with Gasteiger partial charge in [-0.15, -0.1) is 0 Å². The summed E-state index contributed by atoms with van der Waals surface area (Å²) < 4.78 is 0. The predicted octanol–water partition coefficient (Wildman–Crippen LogP) is 2.28. The summed E-state index contributed by atoms with van der Waals surface area (Å²) in [5, 5.41) is 10.4. The number of rotatable bonds is 7. The highest BCUT2D eigenvalue weighted by atomic mass is 16.3. The lowest BCUT2D eigenvalue weighted by Crippen LogP contribution is -2.42. The highest BCUT2D eigenvalue weighted by Gasteiger charge is 2.19. The standard InChI is InChI=1S/C19H33N3O/c1-16-8-10-22(11-9-16)15-19(23)14-21(4)13-17-6-5-7-18(12-17)20(2)3/h5-7,12,16,19,23H,8-11,13-15H2,1-4H3. The van der Waals surface area contributed by atoms with Crippen molar-refractivity contribution < 1.29 is 5.11 Å². The molecular formula is C19H33N3O. The van der Waals surface area contributed by atoms with E-state index in [4.69, 9.17) is 0 Å². The van der Waals surface area contributed by atoms with Crippen molar-refractivity contribution in [3.8, 4) is 0 Å². The average molecular weight is 319 g/mol. The molecule has 0 aliphatic carbocycles. The number of nitrogens with zero attached hydrogens (tertiary/aromatic N) is 3. The third kappa shape index (κ3) is 6.13. The van der Waals surface area contributed by atoms with Gasteiger partial charge in [-0.05, 0) is 56.6 Å². The summed E-state index contributed by atoms with van der Waals surface area (Å²) in [6, 6.07) is 8.59. The third-order valence-electron chi connectivity index (χ3n) is 4.75. The SMILES string of the molecule is CC1CCN(CC(O)CN(C)Cc2cccc(N(C)C)c2)CC1. The molecule has 1 unspecified atom stereocenters. The van der Waals surface area contributed by atoms with E-state index < -0.39 is 0 Å². The lowest BCUT2D eigenvalue weighted by Gasteiger charge is -2.32. The van der Waals surface area contributed by atoms with E-state index in [0.29, 0.717) is 0 Å². The first-order chi connectivity index (χ1) is 10.9. The van der Waals surface area contributed by atoms with E-state index in [1.807, 2.05) is 0 Å². The molecule has 0 radical (unpaired) electrons. The van der Waals surface area contributed by atoms with Crippen molar-refractivity contribution in [3.63, 3.8) is 0 Å². The number of piperidine rings is 1. The molecule has 0 spiro atoms. The van der Waals surface area contributed by atoms with Gasteiger partial charge in [0.2, 0.25) is 0 Å². The number of aliphatic hydroxyl groups excluding tert-OH is 1.